The van der Waals surface area contributed by atoms with E-state index in [-0.39, 0.29) is 5.97 Å². The fourth-order valence-electron chi connectivity index (χ4n) is 1.78. The van der Waals surface area contributed by atoms with E-state index in [1.54, 1.807) is 19.2 Å². The van der Waals surface area contributed by atoms with E-state index >= 15 is 0 Å². The molecule has 0 spiro atoms. The van der Waals surface area contributed by atoms with Crippen molar-refractivity contribution in [1.82, 2.24) is 9.78 Å². The topological polar surface area (TPSA) is 44.1 Å². The molecule has 4 heteroatoms. The maximum atomic E-state index is 11.2. The molecule has 0 amide bonds. The van der Waals surface area contributed by atoms with Crippen molar-refractivity contribution in [2.24, 2.45) is 0 Å². The van der Waals surface area contributed by atoms with Gasteiger partial charge in [-0.15, -0.1) is 0 Å². The molecule has 0 bridgehead atoms. The van der Waals surface area contributed by atoms with Crippen molar-refractivity contribution in [2.75, 3.05) is 6.61 Å². The Bertz CT molecular complexity index is 627. The summed E-state index contributed by atoms with van der Waals surface area (Å²) >= 11 is 0. The minimum absolute atomic E-state index is 0.339. The molecule has 0 N–H and O–H groups in total. The molecule has 4 nitrogen and oxygen atoms in total. The fourth-order valence-corrected chi connectivity index (χ4v) is 1.78. The van der Waals surface area contributed by atoms with E-state index in [0.717, 1.165) is 11.1 Å². The second-order valence-corrected chi connectivity index (χ2v) is 4.39. The lowest BCUT2D eigenvalue weighted by atomic mass is 10.2. The standard InChI is InChI=1S/C17H18N2O2/c1-2-21-17(20)11-10-16-13-18-19(14-16)12-6-9-15-7-4-3-5-8-15/h3-11,13-14H,2,12H2,1H3/b9-6+,11-10+. The average molecular weight is 282 g/mol. The Kier molecular flexibility index (Phi) is 5.52. The zero-order valence-corrected chi connectivity index (χ0v) is 12.0. The molecule has 0 aliphatic heterocycles. The van der Waals surface area contributed by atoms with Crippen molar-refractivity contribution in [3.63, 3.8) is 0 Å². The minimum Gasteiger partial charge on any atom is -0.463 e. The molecular formula is C17H18N2O2. The number of rotatable bonds is 6. The number of esters is 1. The van der Waals surface area contributed by atoms with E-state index in [9.17, 15) is 4.79 Å². The summed E-state index contributed by atoms with van der Waals surface area (Å²) in [7, 11) is 0. The summed E-state index contributed by atoms with van der Waals surface area (Å²) in [6.07, 6.45) is 10.8. The number of carbonyl (C=O) groups excluding carboxylic acids is 1. The van der Waals surface area contributed by atoms with Crippen LogP contribution in [0, 0.1) is 0 Å². The number of hydrogen-bond donors (Lipinski definition) is 0. The maximum Gasteiger partial charge on any atom is 0.330 e. The third-order valence-electron chi connectivity index (χ3n) is 2.75. The Morgan fingerprint density at radius 3 is 2.81 bits per heavy atom. The molecule has 2 rings (SSSR count). The number of benzene rings is 1. The molecule has 0 atom stereocenters. The third kappa shape index (κ3) is 5.10. The molecule has 0 radical (unpaired) electrons. The summed E-state index contributed by atoms with van der Waals surface area (Å²) in [5, 5.41) is 4.23. The molecule has 0 saturated carbocycles. The summed E-state index contributed by atoms with van der Waals surface area (Å²) in [6, 6.07) is 10.1. The van der Waals surface area contributed by atoms with Crippen molar-refractivity contribution in [3.05, 3.63) is 66.0 Å². The normalized spacial score (nSPS) is 11.3. The van der Waals surface area contributed by atoms with Crippen LogP contribution in [0.2, 0.25) is 0 Å². The molecule has 0 saturated heterocycles. The van der Waals surface area contributed by atoms with Crippen LogP contribution in [0.1, 0.15) is 18.1 Å². The van der Waals surface area contributed by atoms with E-state index in [1.807, 2.05) is 47.3 Å². The van der Waals surface area contributed by atoms with Crippen LogP contribution in [0.5, 0.6) is 0 Å². The quantitative estimate of drug-likeness (QED) is 0.604. The number of carbonyl (C=O) groups is 1. The van der Waals surface area contributed by atoms with Crippen LogP contribution in [-0.2, 0) is 16.1 Å². The van der Waals surface area contributed by atoms with Gasteiger partial charge in [0.25, 0.3) is 0 Å². The van der Waals surface area contributed by atoms with Gasteiger partial charge in [-0.1, -0.05) is 42.5 Å². The summed E-state index contributed by atoms with van der Waals surface area (Å²) in [5.74, 6) is -0.339. The van der Waals surface area contributed by atoms with Gasteiger partial charge in [-0.25, -0.2) is 4.79 Å². The lowest BCUT2D eigenvalue weighted by Gasteiger charge is -1.95. The smallest absolute Gasteiger partial charge is 0.330 e. The average Bonchev–Trinajstić information content (AvgIpc) is 2.95. The fraction of sp³-hybridized carbons (Fsp3) is 0.176. The van der Waals surface area contributed by atoms with E-state index < -0.39 is 0 Å². The molecule has 0 aliphatic rings. The molecule has 0 aliphatic carbocycles. The van der Waals surface area contributed by atoms with Crippen LogP contribution in [-0.4, -0.2) is 22.4 Å². The second-order valence-electron chi connectivity index (χ2n) is 4.39. The van der Waals surface area contributed by atoms with Gasteiger partial charge in [-0.05, 0) is 18.6 Å². The molecule has 1 heterocycles. The number of aromatic nitrogens is 2. The Balaban J connectivity index is 1.88. The highest BCUT2D eigenvalue weighted by Crippen LogP contribution is 2.04. The number of nitrogens with zero attached hydrogens (tertiary/aromatic N) is 2. The highest BCUT2D eigenvalue weighted by Gasteiger charge is 1.96. The molecular weight excluding hydrogens is 264 g/mol. The van der Waals surface area contributed by atoms with E-state index in [2.05, 4.69) is 11.2 Å². The zero-order chi connectivity index (χ0) is 14.9. The van der Waals surface area contributed by atoms with Crippen molar-refractivity contribution < 1.29 is 9.53 Å². The van der Waals surface area contributed by atoms with Gasteiger partial charge < -0.3 is 4.74 Å². The molecule has 1 aromatic heterocycles. The predicted molar refractivity (Wildman–Crippen MR) is 83.4 cm³/mol. The molecule has 21 heavy (non-hydrogen) atoms. The van der Waals surface area contributed by atoms with Crippen LogP contribution < -0.4 is 0 Å². The van der Waals surface area contributed by atoms with Gasteiger partial charge in [0, 0.05) is 17.8 Å². The number of ether oxygens (including phenoxy) is 1. The van der Waals surface area contributed by atoms with Crippen molar-refractivity contribution in [1.29, 1.82) is 0 Å². The summed E-state index contributed by atoms with van der Waals surface area (Å²) in [5.41, 5.74) is 2.03. The van der Waals surface area contributed by atoms with Crippen molar-refractivity contribution in [3.8, 4) is 0 Å². The SMILES string of the molecule is CCOC(=O)/C=C/c1cnn(C/C=C/c2ccccc2)c1. The van der Waals surface area contributed by atoms with Crippen LogP contribution in [0.3, 0.4) is 0 Å². The summed E-state index contributed by atoms with van der Waals surface area (Å²) in [4.78, 5) is 11.2. The Morgan fingerprint density at radius 2 is 2.05 bits per heavy atom. The van der Waals surface area contributed by atoms with Crippen molar-refractivity contribution >= 4 is 18.1 Å². The Labute approximate surface area is 124 Å². The van der Waals surface area contributed by atoms with Gasteiger partial charge >= 0.3 is 5.97 Å². The molecule has 2 aromatic rings. The number of hydrogen-bond acceptors (Lipinski definition) is 3. The monoisotopic (exact) mass is 282 g/mol. The molecule has 0 unspecified atom stereocenters. The van der Waals surface area contributed by atoms with Gasteiger partial charge in [0.05, 0.1) is 19.3 Å². The molecule has 108 valence electrons. The van der Waals surface area contributed by atoms with E-state index in [1.165, 1.54) is 6.08 Å². The number of allylic oxidation sites excluding steroid dienone is 1. The first-order valence-corrected chi connectivity index (χ1v) is 6.87. The molecule has 0 fully saturated rings. The Hall–Kier alpha value is -2.62. The first kappa shape index (κ1) is 14.8. The Morgan fingerprint density at radius 1 is 1.24 bits per heavy atom. The third-order valence-corrected chi connectivity index (χ3v) is 2.75. The summed E-state index contributed by atoms with van der Waals surface area (Å²) in [6.45, 7) is 2.84. The van der Waals surface area contributed by atoms with Crippen LogP contribution >= 0.6 is 0 Å². The lowest BCUT2D eigenvalue weighted by Crippen LogP contribution is -1.98. The van der Waals surface area contributed by atoms with Gasteiger partial charge in [0.1, 0.15) is 0 Å². The highest BCUT2D eigenvalue weighted by molar-refractivity contribution is 5.86. The minimum atomic E-state index is -0.339. The van der Waals surface area contributed by atoms with E-state index in [4.69, 9.17) is 4.74 Å². The first-order valence-electron chi connectivity index (χ1n) is 6.87. The maximum absolute atomic E-state index is 11.2. The van der Waals surface area contributed by atoms with E-state index in [0.29, 0.717) is 13.2 Å². The van der Waals surface area contributed by atoms with Gasteiger partial charge in [-0.3, -0.25) is 4.68 Å². The van der Waals surface area contributed by atoms with Gasteiger partial charge in [-0.2, -0.15) is 5.10 Å². The lowest BCUT2D eigenvalue weighted by molar-refractivity contribution is -0.137. The molecule has 1 aromatic carbocycles. The van der Waals surface area contributed by atoms with Crippen LogP contribution in [0.4, 0.5) is 0 Å². The van der Waals surface area contributed by atoms with Gasteiger partial charge in [0.2, 0.25) is 0 Å². The first-order chi connectivity index (χ1) is 10.3. The largest absolute Gasteiger partial charge is 0.463 e. The summed E-state index contributed by atoms with van der Waals surface area (Å²) < 4.78 is 6.63. The van der Waals surface area contributed by atoms with Crippen LogP contribution in [0.25, 0.3) is 12.2 Å². The highest BCUT2D eigenvalue weighted by atomic mass is 16.5. The second kappa shape index (κ2) is 7.85. The zero-order valence-electron chi connectivity index (χ0n) is 12.0. The van der Waals surface area contributed by atoms with Crippen LogP contribution in [0.15, 0.2) is 54.9 Å². The van der Waals surface area contributed by atoms with Gasteiger partial charge in [0.15, 0.2) is 0 Å². The van der Waals surface area contributed by atoms with Crippen molar-refractivity contribution in [2.45, 2.75) is 13.5 Å². The predicted octanol–water partition coefficient (Wildman–Crippen LogP) is 3.17.